The van der Waals surface area contributed by atoms with Gasteiger partial charge in [-0.2, -0.15) is 0 Å². The molecular formula is C18H19Cl2N3O. The Morgan fingerprint density at radius 3 is 2.21 bits per heavy atom. The lowest BCUT2D eigenvalue weighted by molar-refractivity contribution is 0.143. The van der Waals surface area contributed by atoms with E-state index in [9.17, 15) is 4.79 Å². The van der Waals surface area contributed by atoms with Crippen LogP contribution in [-0.2, 0) is 6.54 Å². The van der Waals surface area contributed by atoms with Crippen molar-refractivity contribution in [1.29, 1.82) is 0 Å². The van der Waals surface area contributed by atoms with Crippen molar-refractivity contribution in [2.24, 2.45) is 0 Å². The molecule has 1 aliphatic heterocycles. The Morgan fingerprint density at radius 1 is 0.958 bits per heavy atom. The molecule has 0 unspecified atom stereocenters. The first-order valence-electron chi connectivity index (χ1n) is 7.88. The maximum absolute atomic E-state index is 12.4. The Balaban J connectivity index is 1.51. The molecule has 3 rings (SSSR count). The van der Waals surface area contributed by atoms with E-state index in [1.54, 1.807) is 18.2 Å². The van der Waals surface area contributed by atoms with Crippen LogP contribution in [0.4, 0.5) is 10.5 Å². The average molecular weight is 364 g/mol. The quantitative estimate of drug-likeness (QED) is 0.879. The largest absolute Gasteiger partial charge is 0.322 e. The van der Waals surface area contributed by atoms with E-state index in [1.165, 1.54) is 5.56 Å². The summed E-state index contributed by atoms with van der Waals surface area (Å²) in [7, 11) is 0. The highest BCUT2D eigenvalue weighted by Gasteiger charge is 2.21. The summed E-state index contributed by atoms with van der Waals surface area (Å²) in [5, 5.41) is 3.87. The molecule has 126 valence electrons. The van der Waals surface area contributed by atoms with Crippen molar-refractivity contribution < 1.29 is 4.79 Å². The van der Waals surface area contributed by atoms with Gasteiger partial charge >= 0.3 is 6.03 Å². The van der Waals surface area contributed by atoms with Gasteiger partial charge in [0.25, 0.3) is 0 Å². The van der Waals surface area contributed by atoms with Crippen LogP contribution in [0.1, 0.15) is 5.56 Å². The standard InChI is InChI=1S/C18H19Cl2N3O/c19-15-10-16(20)12-17(11-15)21-18(24)23-8-6-22(7-9-23)13-14-4-2-1-3-5-14/h1-5,10-12H,6-9,13H2,(H,21,24). The molecule has 0 aromatic heterocycles. The van der Waals surface area contributed by atoms with Crippen LogP contribution in [0.3, 0.4) is 0 Å². The summed E-state index contributed by atoms with van der Waals surface area (Å²) < 4.78 is 0. The Bertz CT molecular complexity index is 680. The maximum Gasteiger partial charge on any atom is 0.321 e. The Kier molecular flexibility index (Phi) is 5.61. The molecule has 6 heteroatoms. The van der Waals surface area contributed by atoms with Crippen LogP contribution in [-0.4, -0.2) is 42.0 Å². The molecule has 0 spiro atoms. The van der Waals surface area contributed by atoms with Gasteiger partial charge in [0, 0.05) is 48.5 Å². The van der Waals surface area contributed by atoms with Crippen molar-refractivity contribution in [2.75, 3.05) is 31.5 Å². The molecule has 24 heavy (non-hydrogen) atoms. The van der Waals surface area contributed by atoms with E-state index in [0.29, 0.717) is 28.8 Å². The molecule has 0 bridgehead atoms. The predicted molar refractivity (Wildman–Crippen MR) is 98.8 cm³/mol. The normalized spacial score (nSPS) is 15.3. The fraction of sp³-hybridized carbons (Fsp3) is 0.278. The Hall–Kier alpha value is -1.75. The molecule has 0 atom stereocenters. The number of carbonyl (C=O) groups is 1. The van der Waals surface area contributed by atoms with Crippen LogP contribution in [0.25, 0.3) is 0 Å². The fourth-order valence-corrected chi connectivity index (χ4v) is 3.31. The summed E-state index contributed by atoms with van der Waals surface area (Å²) in [6.07, 6.45) is 0. The second-order valence-electron chi connectivity index (χ2n) is 5.84. The number of urea groups is 1. The first-order chi connectivity index (χ1) is 11.6. The predicted octanol–water partition coefficient (Wildman–Crippen LogP) is 4.34. The van der Waals surface area contributed by atoms with Gasteiger partial charge in [-0.1, -0.05) is 53.5 Å². The summed E-state index contributed by atoms with van der Waals surface area (Å²) in [5.74, 6) is 0. The van der Waals surface area contributed by atoms with E-state index in [1.807, 2.05) is 11.0 Å². The van der Waals surface area contributed by atoms with Gasteiger partial charge in [-0.25, -0.2) is 4.79 Å². The molecule has 1 saturated heterocycles. The number of hydrogen-bond acceptors (Lipinski definition) is 2. The lowest BCUT2D eigenvalue weighted by Crippen LogP contribution is -2.49. The zero-order valence-electron chi connectivity index (χ0n) is 13.2. The molecule has 0 radical (unpaired) electrons. The van der Waals surface area contributed by atoms with Crippen molar-refractivity contribution in [3.63, 3.8) is 0 Å². The van der Waals surface area contributed by atoms with E-state index in [4.69, 9.17) is 23.2 Å². The number of carbonyl (C=O) groups excluding carboxylic acids is 1. The third-order valence-corrected chi connectivity index (χ3v) is 4.46. The number of piperazine rings is 1. The summed E-state index contributed by atoms with van der Waals surface area (Å²) in [6, 6.07) is 15.3. The average Bonchev–Trinajstić information content (AvgIpc) is 2.55. The van der Waals surface area contributed by atoms with Crippen LogP contribution < -0.4 is 5.32 Å². The lowest BCUT2D eigenvalue weighted by atomic mass is 10.2. The molecule has 0 saturated carbocycles. The number of benzene rings is 2. The lowest BCUT2D eigenvalue weighted by Gasteiger charge is -2.34. The van der Waals surface area contributed by atoms with Crippen LogP contribution in [0.5, 0.6) is 0 Å². The summed E-state index contributed by atoms with van der Waals surface area (Å²) >= 11 is 11.9. The van der Waals surface area contributed by atoms with Gasteiger partial charge in [0.1, 0.15) is 0 Å². The first-order valence-corrected chi connectivity index (χ1v) is 8.64. The third kappa shape index (κ3) is 4.63. The van der Waals surface area contributed by atoms with Gasteiger partial charge in [-0.15, -0.1) is 0 Å². The molecule has 1 N–H and O–H groups in total. The zero-order chi connectivity index (χ0) is 16.9. The number of hydrogen-bond donors (Lipinski definition) is 1. The first kappa shape index (κ1) is 17.1. The van der Waals surface area contributed by atoms with E-state index in [0.717, 1.165) is 19.6 Å². The Labute approximate surface area is 152 Å². The molecule has 1 heterocycles. The van der Waals surface area contributed by atoms with Crippen molar-refractivity contribution >= 4 is 34.9 Å². The minimum absolute atomic E-state index is 0.118. The van der Waals surface area contributed by atoms with Crippen molar-refractivity contribution in [1.82, 2.24) is 9.80 Å². The molecule has 2 aromatic carbocycles. The van der Waals surface area contributed by atoms with E-state index in [2.05, 4.69) is 34.5 Å². The zero-order valence-corrected chi connectivity index (χ0v) is 14.7. The number of halogens is 2. The van der Waals surface area contributed by atoms with Gasteiger partial charge in [-0.3, -0.25) is 4.90 Å². The van der Waals surface area contributed by atoms with Gasteiger partial charge in [0.05, 0.1) is 0 Å². The van der Waals surface area contributed by atoms with Crippen LogP contribution in [0.15, 0.2) is 48.5 Å². The second kappa shape index (κ2) is 7.88. The van der Waals surface area contributed by atoms with E-state index in [-0.39, 0.29) is 6.03 Å². The molecule has 0 aliphatic carbocycles. The van der Waals surface area contributed by atoms with Crippen LogP contribution in [0, 0.1) is 0 Å². The van der Waals surface area contributed by atoms with Crippen LogP contribution in [0.2, 0.25) is 10.0 Å². The number of nitrogens with zero attached hydrogens (tertiary/aromatic N) is 2. The molecule has 2 amide bonds. The molecule has 4 nitrogen and oxygen atoms in total. The van der Waals surface area contributed by atoms with Crippen molar-refractivity contribution in [2.45, 2.75) is 6.54 Å². The van der Waals surface area contributed by atoms with E-state index < -0.39 is 0 Å². The van der Waals surface area contributed by atoms with Gasteiger partial charge in [0.2, 0.25) is 0 Å². The number of anilines is 1. The SMILES string of the molecule is O=C(Nc1cc(Cl)cc(Cl)c1)N1CCN(Cc2ccccc2)CC1. The topological polar surface area (TPSA) is 35.6 Å². The van der Waals surface area contributed by atoms with Crippen molar-refractivity contribution in [3.8, 4) is 0 Å². The molecule has 2 aromatic rings. The molecule has 1 fully saturated rings. The highest BCUT2D eigenvalue weighted by molar-refractivity contribution is 6.35. The minimum Gasteiger partial charge on any atom is -0.322 e. The second-order valence-corrected chi connectivity index (χ2v) is 6.71. The fourth-order valence-electron chi connectivity index (χ4n) is 2.78. The third-order valence-electron chi connectivity index (χ3n) is 4.02. The van der Waals surface area contributed by atoms with Gasteiger partial charge < -0.3 is 10.2 Å². The maximum atomic E-state index is 12.4. The molecule has 1 aliphatic rings. The highest BCUT2D eigenvalue weighted by atomic mass is 35.5. The summed E-state index contributed by atoms with van der Waals surface area (Å²) in [6.45, 7) is 4.04. The minimum atomic E-state index is -0.118. The van der Waals surface area contributed by atoms with Crippen molar-refractivity contribution in [3.05, 3.63) is 64.1 Å². The monoisotopic (exact) mass is 363 g/mol. The van der Waals surface area contributed by atoms with E-state index >= 15 is 0 Å². The van der Waals surface area contributed by atoms with Gasteiger partial charge in [-0.05, 0) is 23.8 Å². The number of rotatable bonds is 3. The smallest absolute Gasteiger partial charge is 0.321 e. The summed E-state index contributed by atoms with van der Waals surface area (Å²) in [4.78, 5) is 16.5. The highest BCUT2D eigenvalue weighted by Crippen LogP contribution is 2.22. The number of nitrogens with one attached hydrogen (secondary N) is 1. The summed E-state index contributed by atoms with van der Waals surface area (Å²) in [5.41, 5.74) is 1.91. The molecular weight excluding hydrogens is 345 g/mol. The Morgan fingerprint density at radius 2 is 1.58 bits per heavy atom. The number of amides is 2. The van der Waals surface area contributed by atoms with Gasteiger partial charge in [0.15, 0.2) is 0 Å². The van der Waals surface area contributed by atoms with Crippen LogP contribution >= 0.6 is 23.2 Å².